The number of hydrogen-bond acceptors (Lipinski definition) is 3. The topological polar surface area (TPSA) is 48.5 Å². The lowest BCUT2D eigenvalue weighted by molar-refractivity contribution is -0.209. The number of aliphatic hydroxyl groups excluding tert-OH is 1. The van der Waals surface area contributed by atoms with Crippen molar-refractivity contribution in [2.75, 3.05) is 13.1 Å². The summed E-state index contributed by atoms with van der Waals surface area (Å²) >= 11 is 0. The second-order valence-corrected chi connectivity index (χ2v) is 7.51. The molecule has 1 aromatic heterocycles. The quantitative estimate of drug-likeness (QED) is 0.786. The number of fused-ring (bicyclic) bond motifs is 6. The molecule has 2 fully saturated rings. The molecule has 3 aliphatic heterocycles. The van der Waals surface area contributed by atoms with Crippen LogP contribution in [0.4, 0.5) is 0 Å². The van der Waals surface area contributed by atoms with E-state index in [1.807, 2.05) is 0 Å². The van der Waals surface area contributed by atoms with Crippen LogP contribution in [0.25, 0.3) is 10.9 Å². The van der Waals surface area contributed by atoms with Crippen molar-refractivity contribution < 1.29 is 9.84 Å². The van der Waals surface area contributed by atoms with Crippen LogP contribution in [-0.2, 0) is 11.2 Å². The van der Waals surface area contributed by atoms with Gasteiger partial charge >= 0.3 is 0 Å². The second-order valence-electron chi connectivity index (χ2n) is 7.51. The number of benzene rings is 1. The monoisotopic (exact) mass is 312 g/mol. The highest BCUT2D eigenvalue weighted by Crippen LogP contribution is 2.46. The first-order valence-electron chi connectivity index (χ1n) is 8.88. The summed E-state index contributed by atoms with van der Waals surface area (Å²) in [6.07, 6.45) is 2.63. The maximum absolute atomic E-state index is 9.98. The Kier molecular flexibility index (Phi) is 3.09. The first-order valence-corrected chi connectivity index (χ1v) is 8.88. The Morgan fingerprint density at radius 2 is 2.13 bits per heavy atom. The number of nitrogens with zero attached hydrogens (tertiary/aromatic N) is 1. The largest absolute Gasteiger partial charge is 0.368 e. The molecule has 0 spiro atoms. The summed E-state index contributed by atoms with van der Waals surface area (Å²) < 4.78 is 5.67. The minimum atomic E-state index is -0.580. The van der Waals surface area contributed by atoms with Gasteiger partial charge in [0.05, 0.1) is 12.1 Å². The summed E-state index contributed by atoms with van der Waals surface area (Å²) in [5.74, 6) is 1.12. The number of para-hydroxylation sites is 1. The molecular weight excluding hydrogens is 288 g/mol. The van der Waals surface area contributed by atoms with Crippen LogP contribution in [0.3, 0.4) is 0 Å². The van der Waals surface area contributed by atoms with Gasteiger partial charge in [-0.3, -0.25) is 4.90 Å². The van der Waals surface area contributed by atoms with Crippen molar-refractivity contribution in [2.24, 2.45) is 11.8 Å². The van der Waals surface area contributed by atoms with E-state index in [0.29, 0.717) is 17.9 Å². The second kappa shape index (κ2) is 5.07. The van der Waals surface area contributed by atoms with Crippen molar-refractivity contribution >= 4 is 10.9 Å². The number of aromatic amines is 1. The smallest absolute Gasteiger partial charge is 0.155 e. The van der Waals surface area contributed by atoms with E-state index >= 15 is 0 Å². The Hall–Kier alpha value is -1.36. The molecule has 5 rings (SSSR count). The fourth-order valence-electron chi connectivity index (χ4n) is 5.20. The number of hydrogen-bond donors (Lipinski definition) is 2. The minimum Gasteiger partial charge on any atom is -0.368 e. The van der Waals surface area contributed by atoms with Crippen LogP contribution in [-0.4, -0.2) is 40.5 Å². The zero-order valence-electron chi connectivity index (χ0n) is 13.5. The molecule has 2 saturated heterocycles. The van der Waals surface area contributed by atoms with E-state index in [1.165, 1.54) is 22.2 Å². The fraction of sp³-hybridized carbons (Fsp3) is 0.579. The van der Waals surface area contributed by atoms with Crippen molar-refractivity contribution in [3.63, 3.8) is 0 Å². The summed E-state index contributed by atoms with van der Waals surface area (Å²) in [6.45, 7) is 4.36. The van der Waals surface area contributed by atoms with Gasteiger partial charge in [-0.05, 0) is 37.3 Å². The van der Waals surface area contributed by atoms with Gasteiger partial charge in [-0.15, -0.1) is 0 Å². The predicted octanol–water partition coefficient (Wildman–Crippen LogP) is 2.83. The molecule has 5 atom stereocenters. The molecule has 0 radical (unpaired) electrons. The van der Waals surface area contributed by atoms with Crippen LogP contribution >= 0.6 is 0 Å². The number of rotatable bonds is 0. The van der Waals surface area contributed by atoms with E-state index in [4.69, 9.17) is 4.74 Å². The number of piperidine rings is 1. The molecule has 0 saturated carbocycles. The third-order valence-corrected chi connectivity index (χ3v) is 6.33. The number of H-pyrrole nitrogens is 1. The molecular formula is C19H24N2O2. The first-order chi connectivity index (χ1) is 11.2. The third-order valence-electron chi connectivity index (χ3n) is 6.33. The Labute approximate surface area is 136 Å². The molecule has 23 heavy (non-hydrogen) atoms. The van der Waals surface area contributed by atoms with E-state index in [9.17, 15) is 5.11 Å². The molecule has 3 aliphatic rings. The maximum Gasteiger partial charge on any atom is 0.155 e. The van der Waals surface area contributed by atoms with E-state index in [2.05, 4.69) is 41.1 Å². The number of ether oxygens (including phenoxy) is 1. The molecule has 4 heteroatoms. The average Bonchev–Trinajstić information content (AvgIpc) is 2.92. The highest BCUT2D eigenvalue weighted by atomic mass is 16.6. The lowest BCUT2D eigenvalue weighted by Crippen LogP contribution is -2.52. The van der Waals surface area contributed by atoms with Gasteiger partial charge in [0.25, 0.3) is 0 Å². The molecule has 0 amide bonds. The van der Waals surface area contributed by atoms with Gasteiger partial charge in [-0.1, -0.05) is 18.2 Å². The molecule has 4 heterocycles. The van der Waals surface area contributed by atoms with Crippen molar-refractivity contribution in [1.82, 2.24) is 9.88 Å². The van der Waals surface area contributed by atoms with E-state index < -0.39 is 6.29 Å². The maximum atomic E-state index is 9.98. The van der Waals surface area contributed by atoms with Crippen LogP contribution in [0.1, 0.15) is 37.1 Å². The molecule has 2 aromatic rings. The van der Waals surface area contributed by atoms with Gasteiger partial charge in [-0.25, -0.2) is 0 Å². The van der Waals surface area contributed by atoms with Gasteiger partial charge in [-0.2, -0.15) is 0 Å². The minimum absolute atomic E-state index is 0.161. The molecule has 122 valence electrons. The third kappa shape index (κ3) is 2.09. The van der Waals surface area contributed by atoms with Crippen molar-refractivity contribution in [2.45, 2.75) is 44.6 Å². The van der Waals surface area contributed by atoms with Gasteiger partial charge < -0.3 is 14.8 Å². The Morgan fingerprint density at radius 3 is 3.04 bits per heavy atom. The Balaban J connectivity index is 1.53. The SMILES string of the molecule is CC1OC(O)CC2CC3c4[nH]c5ccccc5c4CCN3CC21. The molecule has 0 aliphatic carbocycles. The zero-order chi connectivity index (χ0) is 15.6. The van der Waals surface area contributed by atoms with E-state index in [1.54, 1.807) is 0 Å². The lowest BCUT2D eigenvalue weighted by atomic mass is 9.73. The number of nitrogens with one attached hydrogen (secondary N) is 1. The summed E-state index contributed by atoms with van der Waals surface area (Å²) in [5.41, 5.74) is 4.20. The van der Waals surface area contributed by atoms with Crippen LogP contribution < -0.4 is 0 Å². The van der Waals surface area contributed by atoms with Crippen molar-refractivity contribution in [1.29, 1.82) is 0 Å². The van der Waals surface area contributed by atoms with Crippen molar-refractivity contribution in [3.8, 4) is 0 Å². The van der Waals surface area contributed by atoms with Crippen LogP contribution in [0.15, 0.2) is 24.3 Å². The van der Waals surface area contributed by atoms with Crippen LogP contribution in [0.5, 0.6) is 0 Å². The zero-order valence-corrected chi connectivity index (χ0v) is 13.5. The van der Waals surface area contributed by atoms with Gasteiger partial charge in [0.15, 0.2) is 6.29 Å². The lowest BCUT2D eigenvalue weighted by Gasteiger charge is -2.50. The summed E-state index contributed by atoms with van der Waals surface area (Å²) in [4.78, 5) is 6.33. The summed E-state index contributed by atoms with van der Waals surface area (Å²) in [5, 5.41) is 11.4. The molecule has 2 N–H and O–H groups in total. The normalized spacial score (nSPS) is 37.2. The average molecular weight is 312 g/mol. The van der Waals surface area contributed by atoms with Crippen LogP contribution in [0.2, 0.25) is 0 Å². The van der Waals surface area contributed by atoms with E-state index in [0.717, 1.165) is 32.4 Å². The van der Waals surface area contributed by atoms with Gasteiger partial charge in [0.2, 0.25) is 0 Å². The number of aromatic nitrogens is 1. The van der Waals surface area contributed by atoms with Gasteiger partial charge in [0.1, 0.15) is 0 Å². The molecule has 1 aromatic carbocycles. The Bertz CT molecular complexity index is 740. The fourth-order valence-corrected chi connectivity index (χ4v) is 5.20. The van der Waals surface area contributed by atoms with E-state index in [-0.39, 0.29) is 6.10 Å². The highest BCUT2D eigenvalue weighted by Gasteiger charge is 2.45. The highest BCUT2D eigenvalue weighted by molar-refractivity contribution is 5.85. The number of aliphatic hydroxyl groups is 1. The standard InChI is InChI=1S/C19H24N2O2/c1-11-15-10-21-7-6-14-13-4-2-3-5-16(13)20-19(14)17(21)8-12(15)9-18(22)23-11/h2-5,11-12,15,17-18,20,22H,6-10H2,1H3. The summed E-state index contributed by atoms with van der Waals surface area (Å²) in [7, 11) is 0. The molecule has 0 bridgehead atoms. The molecule has 5 unspecified atom stereocenters. The van der Waals surface area contributed by atoms with Crippen LogP contribution in [0, 0.1) is 11.8 Å². The first kappa shape index (κ1) is 14.0. The molecule has 4 nitrogen and oxygen atoms in total. The Morgan fingerprint density at radius 1 is 1.26 bits per heavy atom. The predicted molar refractivity (Wildman–Crippen MR) is 89.1 cm³/mol. The van der Waals surface area contributed by atoms with Gasteiger partial charge in [0, 0.05) is 42.0 Å². The summed E-state index contributed by atoms with van der Waals surface area (Å²) in [6, 6.07) is 9.15. The van der Waals surface area contributed by atoms with Crippen molar-refractivity contribution in [3.05, 3.63) is 35.5 Å².